The fourth-order valence-corrected chi connectivity index (χ4v) is 3.17. The lowest BCUT2D eigenvalue weighted by Crippen LogP contribution is -2.44. The van der Waals surface area contributed by atoms with E-state index in [1.54, 1.807) is 0 Å². The smallest absolute Gasteiger partial charge is 0.196 e. The zero-order chi connectivity index (χ0) is 13.0. The molecule has 0 aromatic rings. The fourth-order valence-electron chi connectivity index (χ4n) is 3.17. The quantitative estimate of drug-likeness (QED) is 0.416. The Bertz CT molecular complexity index is 287. The second kappa shape index (κ2) is 8.29. The van der Waals surface area contributed by atoms with Gasteiger partial charge in [0.15, 0.2) is 5.96 Å². The summed E-state index contributed by atoms with van der Waals surface area (Å²) in [4.78, 5) is 11.9. The summed E-state index contributed by atoms with van der Waals surface area (Å²) in [6.07, 6.45) is 5.50. The summed E-state index contributed by atoms with van der Waals surface area (Å²) in [6.45, 7) is 7.93. The third kappa shape index (κ3) is 4.48. The first-order valence-corrected chi connectivity index (χ1v) is 7.43. The average Bonchev–Trinajstić information content (AvgIpc) is 2.86. The van der Waals surface area contributed by atoms with Crippen molar-refractivity contribution in [2.24, 2.45) is 4.99 Å². The van der Waals surface area contributed by atoms with Crippen molar-refractivity contribution in [1.29, 1.82) is 0 Å². The van der Waals surface area contributed by atoms with Gasteiger partial charge in [0.2, 0.25) is 0 Å². The van der Waals surface area contributed by atoms with Gasteiger partial charge in [0.1, 0.15) is 0 Å². The molecule has 112 valence electrons. The third-order valence-corrected chi connectivity index (χ3v) is 4.05. The normalized spacial score (nSPS) is 25.3. The molecule has 2 rings (SSSR count). The van der Waals surface area contributed by atoms with Gasteiger partial charge in [-0.15, -0.1) is 24.0 Å². The molecule has 2 aliphatic rings. The lowest BCUT2D eigenvalue weighted by molar-refractivity contribution is 0.168. The van der Waals surface area contributed by atoms with Crippen LogP contribution in [0.5, 0.6) is 0 Å². The molecule has 2 saturated heterocycles. The number of hydrogen-bond acceptors (Lipinski definition) is 2. The van der Waals surface area contributed by atoms with Crippen molar-refractivity contribution in [2.75, 3.05) is 46.8 Å². The van der Waals surface area contributed by atoms with Crippen LogP contribution in [-0.2, 0) is 0 Å². The topological polar surface area (TPSA) is 22.1 Å². The van der Waals surface area contributed by atoms with Crippen LogP contribution in [0.25, 0.3) is 0 Å². The monoisotopic (exact) mass is 380 g/mol. The molecule has 2 aliphatic heterocycles. The molecule has 0 amide bonds. The maximum Gasteiger partial charge on any atom is 0.196 e. The van der Waals surface area contributed by atoms with E-state index >= 15 is 0 Å². The number of nitrogens with zero attached hydrogens (tertiary/aromatic N) is 4. The van der Waals surface area contributed by atoms with Crippen molar-refractivity contribution in [3.8, 4) is 0 Å². The summed E-state index contributed by atoms with van der Waals surface area (Å²) in [7, 11) is 4.20. The molecule has 0 radical (unpaired) electrons. The number of hydrogen-bond donors (Lipinski definition) is 0. The van der Waals surface area contributed by atoms with Gasteiger partial charge >= 0.3 is 0 Å². The zero-order valence-corrected chi connectivity index (χ0v) is 15.0. The van der Waals surface area contributed by atoms with Gasteiger partial charge in [-0.3, -0.25) is 9.89 Å². The highest BCUT2D eigenvalue weighted by atomic mass is 127. The summed E-state index contributed by atoms with van der Waals surface area (Å²) in [6, 6.07) is 0.757. The SMILES string of the molecule is CCN=C(N(C)C)N1CCC(N2CCCCC2)C1.I. The summed E-state index contributed by atoms with van der Waals surface area (Å²) in [5.41, 5.74) is 0. The summed E-state index contributed by atoms with van der Waals surface area (Å²) < 4.78 is 0. The minimum absolute atomic E-state index is 0. The molecule has 0 aromatic carbocycles. The van der Waals surface area contributed by atoms with Gasteiger partial charge in [-0.1, -0.05) is 6.42 Å². The Labute approximate surface area is 135 Å². The van der Waals surface area contributed by atoms with E-state index in [0.29, 0.717) is 0 Å². The standard InChI is InChI=1S/C14H28N4.HI/c1-4-15-14(16(2)3)18-11-8-13(12-18)17-9-6-5-7-10-17;/h13H,4-12H2,1-3H3;1H. The Morgan fingerprint density at radius 3 is 2.42 bits per heavy atom. The van der Waals surface area contributed by atoms with Gasteiger partial charge < -0.3 is 9.80 Å². The summed E-state index contributed by atoms with van der Waals surface area (Å²) in [5.74, 6) is 1.16. The third-order valence-electron chi connectivity index (χ3n) is 4.05. The van der Waals surface area contributed by atoms with Crippen LogP contribution in [-0.4, -0.2) is 73.5 Å². The molecule has 1 atom stereocenters. The van der Waals surface area contributed by atoms with Gasteiger partial charge in [0.25, 0.3) is 0 Å². The van der Waals surface area contributed by atoms with E-state index in [4.69, 9.17) is 0 Å². The Hall–Kier alpha value is -0.0400. The highest BCUT2D eigenvalue weighted by Gasteiger charge is 2.30. The van der Waals surface area contributed by atoms with Crippen molar-refractivity contribution in [3.63, 3.8) is 0 Å². The molecule has 0 N–H and O–H groups in total. The zero-order valence-electron chi connectivity index (χ0n) is 12.6. The molecule has 1 unspecified atom stereocenters. The van der Waals surface area contributed by atoms with Crippen LogP contribution in [0.1, 0.15) is 32.6 Å². The minimum Gasteiger partial charge on any atom is -0.349 e. The molecular weight excluding hydrogens is 351 g/mol. The van der Waals surface area contributed by atoms with Crippen LogP contribution in [0.3, 0.4) is 0 Å². The van der Waals surface area contributed by atoms with Crippen molar-refractivity contribution in [2.45, 2.75) is 38.6 Å². The molecule has 4 nitrogen and oxygen atoms in total. The molecule has 0 spiro atoms. The Balaban J connectivity index is 0.00000180. The van der Waals surface area contributed by atoms with Crippen LogP contribution < -0.4 is 0 Å². The molecule has 0 saturated carbocycles. The van der Waals surface area contributed by atoms with Gasteiger partial charge in [0, 0.05) is 39.8 Å². The second-order valence-electron chi connectivity index (χ2n) is 5.65. The van der Waals surface area contributed by atoms with E-state index in [0.717, 1.165) is 31.6 Å². The lowest BCUT2D eigenvalue weighted by atomic mass is 10.1. The first kappa shape index (κ1) is 17.0. The van der Waals surface area contributed by atoms with Crippen LogP contribution in [0, 0.1) is 0 Å². The van der Waals surface area contributed by atoms with E-state index in [1.807, 2.05) is 0 Å². The van der Waals surface area contributed by atoms with E-state index in [9.17, 15) is 0 Å². The van der Waals surface area contributed by atoms with Crippen molar-refractivity contribution >= 4 is 29.9 Å². The molecule has 0 aliphatic carbocycles. The number of likely N-dealkylation sites (tertiary alicyclic amines) is 2. The van der Waals surface area contributed by atoms with E-state index in [2.05, 4.69) is 40.7 Å². The summed E-state index contributed by atoms with van der Waals surface area (Å²) >= 11 is 0. The van der Waals surface area contributed by atoms with E-state index < -0.39 is 0 Å². The van der Waals surface area contributed by atoms with Crippen LogP contribution in [0.15, 0.2) is 4.99 Å². The lowest BCUT2D eigenvalue weighted by Gasteiger charge is -2.33. The van der Waals surface area contributed by atoms with Crippen LogP contribution in [0.4, 0.5) is 0 Å². The number of halogens is 1. The largest absolute Gasteiger partial charge is 0.349 e. The van der Waals surface area contributed by atoms with Gasteiger partial charge in [0.05, 0.1) is 0 Å². The van der Waals surface area contributed by atoms with Crippen molar-refractivity contribution in [3.05, 3.63) is 0 Å². The highest BCUT2D eigenvalue weighted by molar-refractivity contribution is 14.0. The Kier molecular flexibility index (Phi) is 7.42. The minimum atomic E-state index is 0. The molecule has 2 fully saturated rings. The first-order valence-electron chi connectivity index (χ1n) is 7.43. The van der Waals surface area contributed by atoms with Gasteiger partial charge in [-0.2, -0.15) is 0 Å². The van der Waals surface area contributed by atoms with Crippen LogP contribution >= 0.6 is 24.0 Å². The molecular formula is C14H29IN4. The highest BCUT2D eigenvalue weighted by Crippen LogP contribution is 2.20. The molecule has 2 heterocycles. The fraction of sp³-hybridized carbons (Fsp3) is 0.929. The Morgan fingerprint density at radius 2 is 1.84 bits per heavy atom. The molecule has 5 heteroatoms. The molecule has 0 aromatic heterocycles. The number of piperidine rings is 1. The predicted octanol–water partition coefficient (Wildman–Crippen LogP) is 2.10. The molecule has 19 heavy (non-hydrogen) atoms. The Morgan fingerprint density at radius 1 is 1.16 bits per heavy atom. The number of guanidine groups is 1. The first-order chi connectivity index (χ1) is 8.72. The number of rotatable bonds is 2. The van der Waals surface area contributed by atoms with Crippen molar-refractivity contribution < 1.29 is 0 Å². The second-order valence-corrected chi connectivity index (χ2v) is 5.65. The maximum atomic E-state index is 4.64. The van der Waals surface area contributed by atoms with E-state index in [-0.39, 0.29) is 24.0 Å². The average molecular weight is 380 g/mol. The molecule has 0 bridgehead atoms. The summed E-state index contributed by atoms with van der Waals surface area (Å²) in [5, 5.41) is 0. The maximum absolute atomic E-state index is 4.64. The van der Waals surface area contributed by atoms with Crippen molar-refractivity contribution in [1.82, 2.24) is 14.7 Å². The van der Waals surface area contributed by atoms with Crippen LogP contribution in [0.2, 0.25) is 0 Å². The van der Waals surface area contributed by atoms with Gasteiger partial charge in [-0.05, 0) is 39.3 Å². The van der Waals surface area contributed by atoms with E-state index in [1.165, 1.54) is 38.8 Å². The predicted molar refractivity (Wildman–Crippen MR) is 92.5 cm³/mol. The van der Waals surface area contributed by atoms with Gasteiger partial charge in [-0.25, -0.2) is 0 Å². The number of aliphatic imine (C=N–C) groups is 1.